The molecule has 37 heavy (non-hydrogen) atoms. The maximum Gasteiger partial charge on any atom is 0.224 e. The van der Waals surface area contributed by atoms with Crippen LogP contribution in [0.1, 0.15) is 45.4 Å². The smallest absolute Gasteiger partial charge is 0.224 e. The van der Waals surface area contributed by atoms with Gasteiger partial charge in [-0.05, 0) is 43.9 Å². The van der Waals surface area contributed by atoms with E-state index in [1.165, 1.54) is 19.3 Å². The van der Waals surface area contributed by atoms with Gasteiger partial charge in [-0.1, -0.05) is 13.3 Å². The number of nitrogens with zero attached hydrogens (tertiary/aromatic N) is 6. The maximum atomic E-state index is 12.2. The van der Waals surface area contributed by atoms with Crippen LogP contribution < -0.4 is 10.2 Å². The first-order chi connectivity index (χ1) is 18.2. The number of amides is 1. The number of rotatable bonds is 7. The number of aromatic nitrogens is 7. The maximum absolute atomic E-state index is 12.2. The van der Waals surface area contributed by atoms with E-state index in [9.17, 15) is 4.79 Å². The average Bonchev–Trinajstić information content (AvgIpc) is 3.56. The number of H-pyrrole nitrogens is 2. The van der Waals surface area contributed by atoms with Gasteiger partial charge in [0.1, 0.15) is 11.2 Å². The largest absolute Gasteiger partial charge is 0.355 e. The molecule has 0 bridgehead atoms. The number of hydrogen-bond donors (Lipinski definition) is 3. The highest BCUT2D eigenvalue weighted by molar-refractivity contribution is 5.96. The average molecular weight is 496 g/mol. The Hall–Kier alpha value is -4.34. The van der Waals surface area contributed by atoms with Crippen molar-refractivity contribution in [3.63, 3.8) is 0 Å². The number of nitrogens with one attached hydrogen (secondary N) is 3. The molecule has 1 aliphatic rings. The van der Waals surface area contributed by atoms with Crippen LogP contribution in [0.2, 0.25) is 0 Å². The van der Waals surface area contributed by atoms with Crippen molar-refractivity contribution >= 4 is 39.5 Å². The molecule has 1 amide bonds. The van der Waals surface area contributed by atoms with Gasteiger partial charge in [-0.3, -0.25) is 14.9 Å². The van der Waals surface area contributed by atoms with Crippen molar-refractivity contribution in [2.75, 3.05) is 23.3 Å². The zero-order valence-corrected chi connectivity index (χ0v) is 20.8. The minimum atomic E-state index is -0.00482. The second kappa shape index (κ2) is 9.96. The van der Waals surface area contributed by atoms with E-state index in [1.807, 2.05) is 24.4 Å². The first kappa shape index (κ1) is 23.1. The Balaban J connectivity index is 1.34. The van der Waals surface area contributed by atoms with Crippen molar-refractivity contribution in [3.8, 4) is 22.6 Å². The fourth-order valence-electron chi connectivity index (χ4n) is 4.84. The SMILES string of the molecule is CCCCC(=O)Nc1cncc(-c2cnc3n[nH]c(-c4nc5c(N6CCCCC6)nccc5[nH]4)c3c2)c1. The number of aromatic amines is 2. The van der Waals surface area contributed by atoms with Crippen molar-refractivity contribution in [3.05, 3.63) is 43.0 Å². The van der Waals surface area contributed by atoms with Gasteiger partial charge in [0, 0.05) is 49.2 Å². The molecule has 6 rings (SSSR count). The van der Waals surface area contributed by atoms with Crippen LogP contribution >= 0.6 is 0 Å². The number of hydrogen-bond acceptors (Lipinski definition) is 7. The lowest BCUT2D eigenvalue weighted by molar-refractivity contribution is -0.116. The Kier molecular flexibility index (Phi) is 6.21. The summed E-state index contributed by atoms with van der Waals surface area (Å²) in [6.45, 7) is 4.07. The van der Waals surface area contributed by atoms with Gasteiger partial charge in [0.25, 0.3) is 0 Å². The molecule has 0 radical (unpaired) electrons. The monoisotopic (exact) mass is 495 g/mol. The van der Waals surface area contributed by atoms with Crippen LogP contribution in [0.25, 0.3) is 44.7 Å². The lowest BCUT2D eigenvalue weighted by Gasteiger charge is -2.27. The zero-order chi connectivity index (χ0) is 25.2. The minimum absolute atomic E-state index is 0.00482. The Morgan fingerprint density at radius 3 is 2.81 bits per heavy atom. The van der Waals surface area contributed by atoms with Crippen LogP contribution in [0.15, 0.2) is 43.0 Å². The fourth-order valence-corrected chi connectivity index (χ4v) is 4.84. The van der Waals surface area contributed by atoms with E-state index in [0.717, 1.165) is 65.0 Å². The molecule has 1 fully saturated rings. The second-order valence-corrected chi connectivity index (χ2v) is 9.47. The summed E-state index contributed by atoms with van der Waals surface area (Å²) in [6, 6.07) is 5.89. The van der Waals surface area contributed by atoms with Crippen molar-refractivity contribution in [1.82, 2.24) is 35.1 Å². The molecule has 3 N–H and O–H groups in total. The predicted molar refractivity (Wildman–Crippen MR) is 144 cm³/mol. The highest BCUT2D eigenvalue weighted by atomic mass is 16.1. The van der Waals surface area contributed by atoms with Crippen LogP contribution in [0.5, 0.6) is 0 Å². The van der Waals surface area contributed by atoms with Crippen molar-refractivity contribution < 1.29 is 4.79 Å². The van der Waals surface area contributed by atoms with Gasteiger partial charge in [-0.25, -0.2) is 15.0 Å². The third-order valence-electron chi connectivity index (χ3n) is 6.80. The fraction of sp³-hybridized carbons (Fsp3) is 0.333. The first-order valence-electron chi connectivity index (χ1n) is 12.9. The van der Waals surface area contributed by atoms with Gasteiger partial charge < -0.3 is 15.2 Å². The summed E-state index contributed by atoms with van der Waals surface area (Å²) in [7, 11) is 0. The van der Waals surface area contributed by atoms with E-state index >= 15 is 0 Å². The summed E-state index contributed by atoms with van der Waals surface area (Å²) in [5, 5.41) is 11.3. The van der Waals surface area contributed by atoms with Crippen LogP contribution in [-0.2, 0) is 4.79 Å². The third kappa shape index (κ3) is 4.62. The number of unbranched alkanes of at least 4 members (excludes halogenated alkanes) is 1. The normalized spacial score (nSPS) is 13.9. The molecule has 0 atom stereocenters. The van der Waals surface area contributed by atoms with Gasteiger partial charge in [-0.2, -0.15) is 5.10 Å². The molecule has 188 valence electrons. The Morgan fingerprint density at radius 2 is 1.95 bits per heavy atom. The van der Waals surface area contributed by atoms with Crippen molar-refractivity contribution in [2.24, 2.45) is 0 Å². The summed E-state index contributed by atoms with van der Waals surface area (Å²) in [5.41, 5.74) is 5.57. The van der Waals surface area contributed by atoms with E-state index in [4.69, 9.17) is 4.98 Å². The second-order valence-electron chi connectivity index (χ2n) is 9.47. The number of piperidine rings is 1. The van der Waals surface area contributed by atoms with Crippen LogP contribution in [0.3, 0.4) is 0 Å². The molecule has 0 saturated carbocycles. The van der Waals surface area contributed by atoms with Crippen LogP contribution in [-0.4, -0.2) is 54.1 Å². The Morgan fingerprint density at radius 1 is 1.08 bits per heavy atom. The highest BCUT2D eigenvalue weighted by Gasteiger charge is 2.20. The van der Waals surface area contributed by atoms with E-state index in [1.54, 1.807) is 18.6 Å². The molecule has 1 saturated heterocycles. The predicted octanol–water partition coefficient (Wildman–Crippen LogP) is 5.08. The number of pyridine rings is 3. The molecule has 10 nitrogen and oxygen atoms in total. The van der Waals surface area contributed by atoms with Crippen LogP contribution in [0.4, 0.5) is 11.5 Å². The highest BCUT2D eigenvalue weighted by Crippen LogP contribution is 2.32. The van der Waals surface area contributed by atoms with Crippen molar-refractivity contribution in [2.45, 2.75) is 45.4 Å². The molecular formula is C27H29N9O. The van der Waals surface area contributed by atoms with Gasteiger partial charge in [0.2, 0.25) is 5.91 Å². The molecule has 1 aliphatic heterocycles. The lowest BCUT2D eigenvalue weighted by Crippen LogP contribution is -2.30. The molecule has 5 aromatic rings. The van der Waals surface area contributed by atoms with Gasteiger partial charge in [-0.15, -0.1) is 0 Å². The standard InChI is InChI=1S/C27H29N9O/c1-2-3-7-22(37)31-19-12-17(14-28-16-19)18-13-20-23(34-35-25(20)30-15-18)26-32-21-8-9-29-27(24(21)33-26)36-10-5-4-6-11-36/h8-9,12-16H,2-7,10-11H2,1H3,(H,31,37)(H,32,33)(H,30,34,35). The van der Waals surface area contributed by atoms with Gasteiger partial charge in [0.15, 0.2) is 17.3 Å². The molecule has 0 aliphatic carbocycles. The number of carbonyl (C=O) groups is 1. The molecule has 5 aromatic heterocycles. The van der Waals surface area contributed by atoms with E-state index in [2.05, 4.69) is 47.3 Å². The molecule has 10 heteroatoms. The summed E-state index contributed by atoms with van der Waals surface area (Å²) in [4.78, 5) is 36.4. The summed E-state index contributed by atoms with van der Waals surface area (Å²) >= 11 is 0. The Bertz CT molecular complexity index is 1570. The number of anilines is 2. The lowest BCUT2D eigenvalue weighted by atomic mass is 10.1. The molecule has 6 heterocycles. The molecular weight excluding hydrogens is 466 g/mol. The van der Waals surface area contributed by atoms with Gasteiger partial charge in [0.05, 0.1) is 22.8 Å². The van der Waals surface area contributed by atoms with Crippen LogP contribution in [0, 0.1) is 0 Å². The summed E-state index contributed by atoms with van der Waals surface area (Å²) < 4.78 is 0. The van der Waals surface area contributed by atoms with Gasteiger partial charge >= 0.3 is 0 Å². The van der Waals surface area contributed by atoms with E-state index in [0.29, 0.717) is 23.6 Å². The first-order valence-corrected chi connectivity index (χ1v) is 12.9. The molecule has 0 aromatic carbocycles. The third-order valence-corrected chi connectivity index (χ3v) is 6.80. The number of fused-ring (bicyclic) bond motifs is 2. The number of carbonyl (C=O) groups excluding carboxylic acids is 1. The number of imidazole rings is 1. The minimum Gasteiger partial charge on any atom is -0.355 e. The molecule has 0 unspecified atom stereocenters. The van der Waals surface area contributed by atoms with Crippen molar-refractivity contribution in [1.29, 1.82) is 0 Å². The zero-order valence-electron chi connectivity index (χ0n) is 20.8. The summed E-state index contributed by atoms with van der Waals surface area (Å²) in [6.07, 6.45) is 13.0. The van der Waals surface area contributed by atoms with E-state index in [-0.39, 0.29) is 5.91 Å². The van der Waals surface area contributed by atoms with E-state index < -0.39 is 0 Å². The topological polar surface area (TPSA) is 128 Å². The molecule has 0 spiro atoms. The Labute approximate surface area is 214 Å². The quantitative estimate of drug-likeness (QED) is 0.287. The summed E-state index contributed by atoms with van der Waals surface area (Å²) in [5.74, 6) is 1.61.